The van der Waals surface area contributed by atoms with E-state index >= 15 is 0 Å². The third-order valence-corrected chi connectivity index (χ3v) is 34.1. The minimum absolute atomic E-state index is 0.744. The molecule has 0 aliphatic rings. The lowest BCUT2D eigenvalue weighted by Crippen LogP contribution is -2.54. The second kappa shape index (κ2) is 13.1. The van der Waals surface area contributed by atoms with Crippen molar-refractivity contribution in [1.29, 1.82) is 0 Å². The molecule has 8 heteroatoms. The summed E-state index contributed by atoms with van der Waals surface area (Å²) in [6, 6.07) is 19.7. The molecule has 0 nitrogen and oxygen atoms in total. The molecule has 246 valence electrons. The zero-order valence-corrected chi connectivity index (χ0v) is 36.4. The molecule has 0 saturated carbocycles. The van der Waals surface area contributed by atoms with Gasteiger partial charge in [-0.1, -0.05) is 95.2 Å². The summed E-state index contributed by atoms with van der Waals surface area (Å²) in [5.41, 5.74) is 4.46. The number of hydrogen-bond acceptors (Lipinski definition) is 6. The van der Waals surface area contributed by atoms with Crippen molar-refractivity contribution in [1.82, 2.24) is 0 Å². The number of hydrogen-bond donors (Lipinski definition) is 0. The van der Waals surface area contributed by atoms with E-state index in [9.17, 15) is 0 Å². The third-order valence-electron chi connectivity index (χ3n) is 10.9. The van der Waals surface area contributed by atoms with E-state index in [1.165, 1.54) is 48.1 Å². The van der Waals surface area contributed by atoms with Gasteiger partial charge in [0.1, 0.15) is 16.1 Å². The van der Waals surface area contributed by atoms with E-state index in [2.05, 4.69) is 154 Å². The van der Waals surface area contributed by atoms with Crippen LogP contribution >= 0.6 is 68.0 Å². The Morgan fingerprint density at radius 2 is 0.565 bits per heavy atom. The molecule has 0 radical (unpaired) electrons. The average Bonchev–Trinajstić information content (AvgIpc) is 3.76. The van der Waals surface area contributed by atoms with Gasteiger partial charge >= 0.3 is 0 Å². The fourth-order valence-electron chi connectivity index (χ4n) is 9.27. The molecular weight excluding hydrogens is 705 g/mol. The van der Waals surface area contributed by atoms with Crippen molar-refractivity contribution in [3.63, 3.8) is 0 Å². The lowest BCUT2D eigenvalue weighted by atomic mass is 10.3. The Bertz CT molecular complexity index is 1700. The molecular formula is C38H50S6Si2. The first kappa shape index (κ1) is 35.0. The summed E-state index contributed by atoms with van der Waals surface area (Å²) in [6.07, 6.45) is 0. The molecule has 6 aromatic heterocycles. The minimum atomic E-state index is -1.62. The summed E-state index contributed by atoms with van der Waals surface area (Å²) in [7, 11) is -3.24. The Morgan fingerprint density at radius 3 is 0.804 bits per heavy atom. The Balaban J connectivity index is 1.25. The van der Waals surface area contributed by atoms with Crippen LogP contribution < -0.4 is 9.00 Å². The molecule has 0 unspecified atom stereocenters. The Labute approximate surface area is 303 Å². The van der Waals surface area contributed by atoms with Gasteiger partial charge in [-0.15, -0.1) is 68.0 Å². The van der Waals surface area contributed by atoms with Crippen LogP contribution in [0.3, 0.4) is 0 Å². The van der Waals surface area contributed by atoms with E-state index in [1.807, 2.05) is 45.3 Å². The quantitative estimate of drug-likeness (QED) is 0.116. The van der Waals surface area contributed by atoms with Gasteiger partial charge in [-0.05, 0) is 78.6 Å². The van der Waals surface area contributed by atoms with Crippen molar-refractivity contribution in [3.05, 3.63) is 48.5 Å². The van der Waals surface area contributed by atoms with Gasteiger partial charge in [0.2, 0.25) is 0 Å². The van der Waals surface area contributed by atoms with E-state index in [0.717, 1.165) is 33.2 Å². The summed E-state index contributed by atoms with van der Waals surface area (Å²) in [6.45, 7) is 29.7. The van der Waals surface area contributed by atoms with Gasteiger partial charge in [0.15, 0.2) is 0 Å². The lowest BCUT2D eigenvalue weighted by molar-refractivity contribution is 0.837. The smallest absolute Gasteiger partial charge is 0.107 e. The van der Waals surface area contributed by atoms with Crippen LogP contribution in [0.4, 0.5) is 0 Å². The van der Waals surface area contributed by atoms with Crippen molar-refractivity contribution in [3.8, 4) is 29.3 Å². The molecule has 6 rings (SSSR count). The molecule has 0 bridgehead atoms. The van der Waals surface area contributed by atoms with Crippen molar-refractivity contribution in [2.75, 3.05) is 0 Å². The molecule has 0 fully saturated rings. The number of fused-ring (bicyclic) bond motifs is 2. The summed E-state index contributed by atoms with van der Waals surface area (Å²) >= 11 is 12.1. The van der Waals surface area contributed by atoms with Crippen LogP contribution in [-0.2, 0) is 0 Å². The van der Waals surface area contributed by atoms with Gasteiger partial charge in [-0.3, -0.25) is 0 Å². The highest BCUT2D eigenvalue weighted by Crippen LogP contribution is 2.49. The second-order valence-electron chi connectivity index (χ2n) is 15.0. The maximum atomic E-state index is 2.49. The topological polar surface area (TPSA) is 0 Å². The van der Waals surface area contributed by atoms with Gasteiger partial charge in [-0.25, -0.2) is 0 Å². The van der Waals surface area contributed by atoms with E-state index in [1.54, 1.807) is 9.00 Å². The molecule has 0 aliphatic carbocycles. The molecule has 0 N–H and O–H groups in total. The summed E-state index contributed by atoms with van der Waals surface area (Å²) in [4.78, 5) is 8.63. The molecule has 0 aliphatic heterocycles. The van der Waals surface area contributed by atoms with Crippen molar-refractivity contribution < 1.29 is 0 Å². The predicted octanol–water partition coefficient (Wildman–Crippen LogP) is 15.1. The average molecular weight is 755 g/mol. The normalized spacial score (nSPS) is 13.5. The maximum absolute atomic E-state index is 2.49. The van der Waals surface area contributed by atoms with Crippen LogP contribution in [-0.4, -0.2) is 16.1 Å². The van der Waals surface area contributed by atoms with Crippen LogP contribution in [0.2, 0.25) is 33.2 Å². The van der Waals surface area contributed by atoms with E-state index in [-0.39, 0.29) is 0 Å². The SMILES string of the molecule is CC(C)[Si](c1ccc(-c2cc3sc(-c4cc5sc(-c6ccc([Si](C(C)C)(C(C)C)C(C)C)s6)cc5s4)cc3s2)s1)(C(C)C)C(C)C. The van der Waals surface area contributed by atoms with Gasteiger partial charge < -0.3 is 0 Å². The Kier molecular flexibility index (Phi) is 9.98. The molecule has 6 heterocycles. The highest BCUT2D eigenvalue weighted by Gasteiger charge is 2.46. The lowest BCUT2D eigenvalue weighted by Gasteiger charge is -2.42. The molecule has 0 aromatic carbocycles. The van der Waals surface area contributed by atoms with Crippen LogP contribution in [0.25, 0.3) is 48.1 Å². The maximum Gasteiger partial charge on any atom is 0.107 e. The number of rotatable bonds is 11. The molecule has 6 aromatic rings. The number of thiophene rings is 6. The highest BCUT2D eigenvalue weighted by molar-refractivity contribution is 7.37. The van der Waals surface area contributed by atoms with Crippen LogP contribution in [0.15, 0.2) is 48.5 Å². The van der Waals surface area contributed by atoms with Gasteiger partial charge in [0, 0.05) is 48.1 Å². The third kappa shape index (κ3) is 5.59. The van der Waals surface area contributed by atoms with Crippen molar-refractivity contribution in [2.24, 2.45) is 0 Å². The molecule has 0 saturated heterocycles. The van der Waals surface area contributed by atoms with E-state index < -0.39 is 16.1 Å². The summed E-state index contributed by atoms with van der Waals surface area (Å²) in [5, 5.41) is 0. The second-order valence-corrected chi connectivity index (χ2v) is 34.0. The first-order chi connectivity index (χ1) is 21.7. The predicted molar refractivity (Wildman–Crippen MR) is 226 cm³/mol. The molecule has 0 amide bonds. The van der Waals surface area contributed by atoms with Crippen LogP contribution in [0.5, 0.6) is 0 Å². The van der Waals surface area contributed by atoms with E-state index in [0.29, 0.717) is 0 Å². The zero-order valence-electron chi connectivity index (χ0n) is 29.5. The molecule has 0 atom stereocenters. The molecule has 0 spiro atoms. The zero-order chi connectivity index (χ0) is 33.3. The monoisotopic (exact) mass is 754 g/mol. The standard InChI is InChI=1S/C38H50S6Si2/c1-21(2)45(22(3)4,23(5)6)37-15-13-27(43-37)29-17-31-33(39-29)19-35(41-31)36-20-34-32(42-36)18-30(40-34)28-14-16-38(44-28)46(24(7)8,25(9)10)26(11)12/h13-26H,1-12H3. The summed E-state index contributed by atoms with van der Waals surface area (Å²) < 4.78 is 9.11. The minimum Gasteiger partial charge on any atom is -0.144 e. The van der Waals surface area contributed by atoms with Crippen molar-refractivity contribution in [2.45, 2.75) is 116 Å². The fourth-order valence-corrected chi connectivity index (χ4v) is 34.3. The highest BCUT2D eigenvalue weighted by atomic mass is 32.1. The molecule has 46 heavy (non-hydrogen) atoms. The van der Waals surface area contributed by atoms with Gasteiger partial charge in [0.25, 0.3) is 0 Å². The van der Waals surface area contributed by atoms with Crippen LogP contribution in [0, 0.1) is 0 Å². The largest absolute Gasteiger partial charge is 0.144 e. The van der Waals surface area contributed by atoms with Gasteiger partial charge in [-0.2, -0.15) is 0 Å². The van der Waals surface area contributed by atoms with Crippen molar-refractivity contribution >= 4 is 112 Å². The van der Waals surface area contributed by atoms with E-state index in [4.69, 9.17) is 0 Å². The fraction of sp³-hybridized carbons (Fsp3) is 0.474. The van der Waals surface area contributed by atoms with Crippen LogP contribution in [0.1, 0.15) is 83.1 Å². The first-order valence-electron chi connectivity index (χ1n) is 17.0. The Morgan fingerprint density at radius 1 is 0.326 bits per heavy atom. The first-order valence-corrected chi connectivity index (χ1v) is 26.4. The van der Waals surface area contributed by atoms with Gasteiger partial charge in [0.05, 0.1) is 0 Å². The summed E-state index contributed by atoms with van der Waals surface area (Å²) in [5.74, 6) is 0. The Hall–Kier alpha value is -0.846.